The molecule has 2 amide bonds. The lowest BCUT2D eigenvalue weighted by molar-refractivity contribution is -0.145. The molecule has 2 heterocycles. The molecule has 0 spiro atoms. The highest BCUT2D eigenvalue weighted by Gasteiger charge is 2.51. The highest BCUT2D eigenvalue weighted by molar-refractivity contribution is 5.90. The summed E-state index contributed by atoms with van der Waals surface area (Å²) in [6, 6.07) is 13.7. The fraction of sp³-hybridized carbons (Fsp3) is 0.440. The van der Waals surface area contributed by atoms with Gasteiger partial charge in [0, 0.05) is 13.1 Å². The lowest BCUT2D eigenvalue weighted by Gasteiger charge is -2.40. The number of hydrogen-bond acceptors (Lipinski definition) is 4. The number of phenolic OH excluding ortho intramolecular Hbond substituents is 2. The second-order valence-corrected chi connectivity index (χ2v) is 9.81. The number of carbonyl (C=O) groups excluding carboxylic acids is 2. The standard InChI is InChI=1S/C25H30N2O4/c1-24(2,16-7-5-9-20(28)11-16)22(30)26-14-19-13-18(26)15-27(19)23(31)25(3,4)17-8-6-10-21(29)12-17/h5-12,18-19,28-29H,13-15H2,1-4H3/t18-,19-/m0/s1. The van der Waals surface area contributed by atoms with Crippen LogP contribution in [0.25, 0.3) is 0 Å². The number of phenols is 2. The Hall–Kier alpha value is -3.02. The van der Waals surface area contributed by atoms with Crippen LogP contribution < -0.4 is 0 Å². The molecule has 6 nitrogen and oxygen atoms in total. The van der Waals surface area contributed by atoms with Gasteiger partial charge < -0.3 is 20.0 Å². The molecule has 2 atom stereocenters. The number of amides is 2. The molecule has 2 aliphatic heterocycles. The fourth-order valence-corrected chi connectivity index (χ4v) is 4.92. The van der Waals surface area contributed by atoms with Crippen molar-refractivity contribution in [1.82, 2.24) is 9.80 Å². The minimum atomic E-state index is -0.765. The van der Waals surface area contributed by atoms with Gasteiger partial charge >= 0.3 is 0 Å². The normalized spacial score (nSPS) is 20.9. The predicted octanol–water partition coefficient (Wildman–Crippen LogP) is 3.16. The van der Waals surface area contributed by atoms with Crippen molar-refractivity contribution >= 4 is 11.8 Å². The van der Waals surface area contributed by atoms with Crippen molar-refractivity contribution in [3.8, 4) is 11.5 Å². The van der Waals surface area contributed by atoms with Crippen LogP contribution in [0, 0.1) is 0 Å². The predicted molar refractivity (Wildman–Crippen MR) is 118 cm³/mol. The van der Waals surface area contributed by atoms with Crippen molar-refractivity contribution in [3.63, 3.8) is 0 Å². The largest absolute Gasteiger partial charge is 0.508 e. The van der Waals surface area contributed by atoms with Gasteiger partial charge in [-0.3, -0.25) is 9.59 Å². The van der Waals surface area contributed by atoms with Crippen LogP contribution in [0.2, 0.25) is 0 Å². The van der Waals surface area contributed by atoms with E-state index in [1.165, 1.54) is 0 Å². The molecule has 0 aliphatic carbocycles. The molecule has 2 bridgehead atoms. The van der Waals surface area contributed by atoms with E-state index in [4.69, 9.17) is 0 Å². The minimum absolute atomic E-state index is 0.00184. The van der Waals surface area contributed by atoms with E-state index >= 15 is 0 Å². The summed E-state index contributed by atoms with van der Waals surface area (Å²) in [6.45, 7) is 8.56. The van der Waals surface area contributed by atoms with E-state index in [0.29, 0.717) is 13.1 Å². The first kappa shape index (κ1) is 21.2. The van der Waals surface area contributed by atoms with Gasteiger partial charge in [0.25, 0.3) is 0 Å². The third-order valence-electron chi connectivity index (χ3n) is 6.97. The van der Waals surface area contributed by atoms with Crippen LogP contribution in [0.15, 0.2) is 48.5 Å². The summed E-state index contributed by atoms with van der Waals surface area (Å²) in [5.74, 6) is 0.328. The van der Waals surface area contributed by atoms with E-state index in [9.17, 15) is 19.8 Å². The van der Waals surface area contributed by atoms with Crippen LogP contribution in [-0.2, 0) is 20.4 Å². The maximum atomic E-state index is 13.4. The summed E-state index contributed by atoms with van der Waals surface area (Å²) in [4.78, 5) is 30.6. The van der Waals surface area contributed by atoms with Crippen molar-refractivity contribution in [3.05, 3.63) is 59.7 Å². The molecule has 31 heavy (non-hydrogen) atoms. The molecule has 0 saturated carbocycles. The van der Waals surface area contributed by atoms with E-state index in [-0.39, 0.29) is 35.4 Å². The van der Waals surface area contributed by atoms with Crippen LogP contribution in [0.5, 0.6) is 11.5 Å². The molecule has 2 saturated heterocycles. The van der Waals surface area contributed by atoms with E-state index in [1.54, 1.807) is 36.4 Å². The molecule has 2 fully saturated rings. The van der Waals surface area contributed by atoms with Gasteiger partial charge in [0.15, 0.2) is 0 Å². The van der Waals surface area contributed by atoms with E-state index in [1.807, 2.05) is 49.6 Å². The molecule has 0 aromatic heterocycles. The number of benzene rings is 2. The zero-order chi connectivity index (χ0) is 22.6. The average molecular weight is 423 g/mol. The van der Waals surface area contributed by atoms with Gasteiger partial charge in [0.2, 0.25) is 11.8 Å². The smallest absolute Gasteiger partial charge is 0.233 e. The second-order valence-electron chi connectivity index (χ2n) is 9.81. The fourth-order valence-electron chi connectivity index (χ4n) is 4.92. The van der Waals surface area contributed by atoms with Crippen LogP contribution in [-0.4, -0.2) is 57.0 Å². The second kappa shape index (κ2) is 7.29. The van der Waals surface area contributed by atoms with E-state index in [0.717, 1.165) is 17.5 Å². The molecule has 2 aromatic carbocycles. The zero-order valence-corrected chi connectivity index (χ0v) is 18.5. The van der Waals surface area contributed by atoms with Crippen molar-refractivity contribution in [1.29, 1.82) is 0 Å². The Morgan fingerprint density at radius 1 is 0.774 bits per heavy atom. The monoisotopic (exact) mass is 422 g/mol. The van der Waals surface area contributed by atoms with E-state index in [2.05, 4.69) is 0 Å². The molecular formula is C25H30N2O4. The molecule has 4 rings (SSSR count). The highest BCUT2D eigenvalue weighted by atomic mass is 16.3. The number of nitrogens with zero attached hydrogens (tertiary/aromatic N) is 2. The number of aromatic hydroxyl groups is 2. The maximum absolute atomic E-state index is 13.4. The Kier molecular flexibility index (Phi) is 4.99. The molecule has 2 aromatic rings. The lowest BCUT2D eigenvalue weighted by Crippen LogP contribution is -2.56. The first-order chi connectivity index (χ1) is 14.5. The van der Waals surface area contributed by atoms with Gasteiger partial charge in [-0.15, -0.1) is 0 Å². The van der Waals surface area contributed by atoms with Crippen LogP contribution >= 0.6 is 0 Å². The number of piperazine rings is 1. The van der Waals surface area contributed by atoms with Crippen LogP contribution in [0.3, 0.4) is 0 Å². The van der Waals surface area contributed by atoms with Crippen LogP contribution in [0.1, 0.15) is 45.2 Å². The third-order valence-corrected chi connectivity index (χ3v) is 6.97. The molecule has 0 radical (unpaired) electrons. The Labute approximate surface area is 183 Å². The summed E-state index contributed by atoms with van der Waals surface area (Å²) < 4.78 is 0. The van der Waals surface area contributed by atoms with Crippen LogP contribution in [0.4, 0.5) is 0 Å². The number of carbonyl (C=O) groups is 2. The Balaban J connectivity index is 1.50. The minimum Gasteiger partial charge on any atom is -0.508 e. The Morgan fingerprint density at radius 2 is 1.16 bits per heavy atom. The molecule has 164 valence electrons. The number of hydrogen-bond donors (Lipinski definition) is 2. The van der Waals surface area contributed by atoms with Gasteiger partial charge in [-0.05, 0) is 69.5 Å². The lowest BCUT2D eigenvalue weighted by atomic mass is 9.82. The number of likely N-dealkylation sites (tertiary alicyclic amines) is 2. The first-order valence-electron chi connectivity index (χ1n) is 10.7. The molecule has 6 heteroatoms. The SMILES string of the molecule is CC(C)(C(=O)N1C[C@@H]2C[C@H]1CN2C(=O)C(C)(C)c1cccc(O)c1)c1cccc(O)c1. The van der Waals surface area contributed by atoms with E-state index < -0.39 is 10.8 Å². The summed E-state index contributed by atoms with van der Waals surface area (Å²) in [7, 11) is 0. The number of rotatable bonds is 4. The Morgan fingerprint density at radius 3 is 1.48 bits per heavy atom. The zero-order valence-electron chi connectivity index (χ0n) is 18.5. The summed E-state index contributed by atoms with van der Waals surface area (Å²) in [6.07, 6.45) is 0.781. The van der Waals surface area contributed by atoms with Gasteiger partial charge in [-0.2, -0.15) is 0 Å². The van der Waals surface area contributed by atoms with Crippen molar-refractivity contribution in [2.75, 3.05) is 13.1 Å². The number of fused-ring (bicyclic) bond motifs is 2. The van der Waals surface area contributed by atoms with Crippen molar-refractivity contribution in [2.24, 2.45) is 0 Å². The van der Waals surface area contributed by atoms with Crippen molar-refractivity contribution < 1.29 is 19.8 Å². The maximum Gasteiger partial charge on any atom is 0.233 e. The highest BCUT2D eigenvalue weighted by Crippen LogP contribution is 2.39. The van der Waals surface area contributed by atoms with Gasteiger partial charge in [-0.1, -0.05) is 24.3 Å². The topological polar surface area (TPSA) is 81.1 Å². The quantitative estimate of drug-likeness (QED) is 0.793. The summed E-state index contributed by atoms with van der Waals surface area (Å²) in [5, 5.41) is 19.7. The van der Waals surface area contributed by atoms with Crippen molar-refractivity contribution in [2.45, 2.75) is 57.0 Å². The summed E-state index contributed by atoms with van der Waals surface area (Å²) in [5.41, 5.74) is 0.0223. The third kappa shape index (κ3) is 3.54. The summed E-state index contributed by atoms with van der Waals surface area (Å²) >= 11 is 0. The van der Waals surface area contributed by atoms with Gasteiger partial charge in [0.05, 0.1) is 22.9 Å². The molecule has 0 unspecified atom stereocenters. The molecule has 2 N–H and O–H groups in total. The average Bonchev–Trinajstić information content (AvgIpc) is 3.33. The molecule has 2 aliphatic rings. The van der Waals surface area contributed by atoms with Gasteiger partial charge in [-0.25, -0.2) is 0 Å². The Bertz CT molecular complexity index is 948. The van der Waals surface area contributed by atoms with Gasteiger partial charge in [0.1, 0.15) is 11.5 Å². The first-order valence-corrected chi connectivity index (χ1v) is 10.7. The molecular weight excluding hydrogens is 392 g/mol.